The van der Waals surface area contributed by atoms with E-state index in [-0.39, 0.29) is 5.91 Å². The predicted octanol–water partition coefficient (Wildman–Crippen LogP) is 5.13. The van der Waals surface area contributed by atoms with Crippen LogP contribution in [0.1, 0.15) is 10.5 Å². The van der Waals surface area contributed by atoms with Crippen LogP contribution >= 0.6 is 0 Å². The van der Waals surface area contributed by atoms with Crippen LogP contribution < -0.4 is 14.8 Å². The number of hydrogen-bond acceptors (Lipinski definition) is 4. The first-order chi connectivity index (χ1) is 14.2. The van der Waals surface area contributed by atoms with Gasteiger partial charge in [0.1, 0.15) is 22.9 Å². The molecular formula is C23H19N3O3. The minimum absolute atomic E-state index is 0.275. The van der Waals surface area contributed by atoms with Crippen molar-refractivity contribution in [1.82, 2.24) is 10.2 Å². The smallest absolute Gasteiger partial charge is 0.273 e. The number of carbonyl (C=O) groups is 1. The van der Waals surface area contributed by atoms with Gasteiger partial charge in [-0.1, -0.05) is 30.3 Å². The third-order valence-electron chi connectivity index (χ3n) is 4.28. The summed E-state index contributed by atoms with van der Waals surface area (Å²) in [7, 11) is 1.61. The van der Waals surface area contributed by atoms with E-state index in [1.807, 2.05) is 54.6 Å². The van der Waals surface area contributed by atoms with Crippen LogP contribution in [-0.2, 0) is 0 Å². The largest absolute Gasteiger partial charge is 0.497 e. The van der Waals surface area contributed by atoms with Gasteiger partial charge in [-0.3, -0.25) is 9.89 Å². The Bertz CT molecular complexity index is 1110. The average Bonchev–Trinajstić information content (AvgIpc) is 3.26. The fraction of sp³-hybridized carbons (Fsp3) is 0.0435. The Labute approximate surface area is 168 Å². The molecular weight excluding hydrogens is 366 g/mol. The molecule has 1 amide bonds. The summed E-state index contributed by atoms with van der Waals surface area (Å²) in [6.45, 7) is 0. The molecule has 0 spiro atoms. The normalized spacial score (nSPS) is 10.4. The lowest BCUT2D eigenvalue weighted by Crippen LogP contribution is -2.12. The molecule has 0 aliphatic carbocycles. The molecule has 1 heterocycles. The summed E-state index contributed by atoms with van der Waals surface area (Å²) < 4.78 is 11.0. The van der Waals surface area contributed by atoms with Gasteiger partial charge in [0.2, 0.25) is 0 Å². The van der Waals surface area contributed by atoms with Gasteiger partial charge in [-0.25, -0.2) is 0 Å². The lowest BCUT2D eigenvalue weighted by atomic mass is 10.1. The van der Waals surface area contributed by atoms with Gasteiger partial charge in [-0.15, -0.1) is 0 Å². The zero-order valence-corrected chi connectivity index (χ0v) is 15.8. The maximum atomic E-state index is 12.5. The van der Waals surface area contributed by atoms with E-state index in [1.54, 1.807) is 37.4 Å². The highest BCUT2D eigenvalue weighted by Crippen LogP contribution is 2.24. The van der Waals surface area contributed by atoms with Gasteiger partial charge in [0, 0.05) is 11.3 Å². The number of methoxy groups -OCH3 is 1. The molecule has 0 fully saturated rings. The van der Waals surface area contributed by atoms with Gasteiger partial charge in [0.05, 0.1) is 12.8 Å². The van der Waals surface area contributed by atoms with Gasteiger partial charge < -0.3 is 14.8 Å². The van der Waals surface area contributed by atoms with E-state index in [2.05, 4.69) is 15.5 Å². The van der Waals surface area contributed by atoms with Crippen molar-refractivity contribution in [1.29, 1.82) is 0 Å². The summed E-state index contributed by atoms with van der Waals surface area (Å²) >= 11 is 0. The van der Waals surface area contributed by atoms with Crippen LogP contribution in [0, 0.1) is 0 Å². The third-order valence-corrected chi connectivity index (χ3v) is 4.28. The Morgan fingerprint density at radius 2 is 1.59 bits per heavy atom. The summed E-state index contributed by atoms with van der Waals surface area (Å²) in [5.41, 5.74) is 2.56. The molecule has 0 saturated heterocycles. The molecule has 0 bridgehead atoms. The summed E-state index contributed by atoms with van der Waals surface area (Å²) in [5, 5.41) is 9.85. The number of ether oxygens (including phenoxy) is 2. The average molecular weight is 385 g/mol. The minimum Gasteiger partial charge on any atom is -0.497 e. The molecule has 0 aliphatic rings. The van der Waals surface area contributed by atoms with Crippen LogP contribution in [0.2, 0.25) is 0 Å². The number of amides is 1. The number of carbonyl (C=O) groups excluding carboxylic acids is 1. The van der Waals surface area contributed by atoms with Crippen molar-refractivity contribution >= 4 is 11.6 Å². The Hall–Kier alpha value is -4.06. The SMILES string of the molecule is COc1cccc(-c2cc(C(=O)Nc3ccc(Oc4ccccc4)cc3)[nH]n2)c1. The summed E-state index contributed by atoms with van der Waals surface area (Å²) in [6, 6.07) is 25.9. The van der Waals surface area contributed by atoms with E-state index in [4.69, 9.17) is 9.47 Å². The van der Waals surface area contributed by atoms with Crippen LogP contribution in [0.5, 0.6) is 17.2 Å². The number of aromatic amines is 1. The highest BCUT2D eigenvalue weighted by molar-refractivity contribution is 6.03. The Morgan fingerprint density at radius 3 is 2.34 bits per heavy atom. The Kier molecular flexibility index (Phi) is 5.25. The third kappa shape index (κ3) is 4.44. The first-order valence-electron chi connectivity index (χ1n) is 9.05. The molecule has 3 aromatic carbocycles. The molecule has 0 saturated carbocycles. The van der Waals surface area contributed by atoms with E-state index in [0.29, 0.717) is 22.8 Å². The number of nitrogens with one attached hydrogen (secondary N) is 2. The van der Waals surface area contributed by atoms with Crippen molar-refractivity contribution in [2.45, 2.75) is 0 Å². The zero-order valence-electron chi connectivity index (χ0n) is 15.8. The van der Waals surface area contributed by atoms with Gasteiger partial charge in [-0.2, -0.15) is 5.10 Å². The first kappa shape index (κ1) is 18.3. The van der Waals surface area contributed by atoms with E-state index in [9.17, 15) is 4.79 Å². The number of nitrogens with zero attached hydrogens (tertiary/aromatic N) is 1. The van der Waals surface area contributed by atoms with Gasteiger partial charge in [0.25, 0.3) is 5.91 Å². The molecule has 0 radical (unpaired) electrons. The van der Waals surface area contributed by atoms with Crippen LogP contribution in [-0.4, -0.2) is 23.2 Å². The fourth-order valence-corrected chi connectivity index (χ4v) is 2.80. The van der Waals surface area contributed by atoms with Crippen LogP contribution in [0.4, 0.5) is 5.69 Å². The second kappa shape index (κ2) is 8.31. The first-order valence-corrected chi connectivity index (χ1v) is 9.05. The minimum atomic E-state index is -0.275. The van der Waals surface area contributed by atoms with Crippen LogP contribution in [0.25, 0.3) is 11.3 Å². The van der Waals surface area contributed by atoms with Gasteiger partial charge in [0.15, 0.2) is 0 Å². The highest BCUT2D eigenvalue weighted by Gasteiger charge is 2.12. The fourth-order valence-electron chi connectivity index (χ4n) is 2.80. The van der Waals surface area contributed by atoms with Crippen LogP contribution in [0.3, 0.4) is 0 Å². The maximum absolute atomic E-state index is 12.5. The molecule has 0 atom stereocenters. The predicted molar refractivity (Wildman–Crippen MR) is 111 cm³/mol. The van der Waals surface area contributed by atoms with E-state index < -0.39 is 0 Å². The van der Waals surface area contributed by atoms with Crippen LogP contribution in [0.15, 0.2) is 84.9 Å². The summed E-state index contributed by atoms with van der Waals surface area (Å²) in [6.07, 6.45) is 0. The van der Waals surface area contributed by atoms with E-state index in [1.165, 1.54) is 0 Å². The number of hydrogen-bond donors (Lipinski definition) is 2. The van der Waals surface area contributed by atoms with Crippen molar-refractivity contribution in [3.8, 4) is 28.5 Å². The summed E-state index contributed by atoms with van der Waals surface area (Å²) in [5.74, 6) is 1.90. The molecule has 4 rings (SSSR count). The number of H-pyrrole nitrogens is 1. The Morgan fingerprint density at radius 1 is 0.862 bits per heavy atom. The molecule has 6 heteroatoms. The number of anilines is 1. The second-order valence-electron chi connectivity index (χ2n) is 6.29. The number of rotatable bonds is 6. The zero-order chi connectivity index (χ0) is 20.1. The Balaban J connectivity index is 1.42. The lowest BCUT2D eigenvalue weighted by Gasteiger charge is -2.07. The molecule has 0 aliphatic heterocycles. The number of benzene rings is 3. The monoisotopic (exact) mass is 385 g/mol. The topological polar surface area (TPSA) is 76.2 Å². The molecule has 6 nitrogen and oxygen atoms in total. The molecule has 4 aromatic rings. The quantitative estimate of drug-likeness (QED) is 0.482. The van der Waals surface area contributed by atoms with E-state index >= 15 is 0 Å². The molecule has 2 N–H and O–H groups in total. The standard InChI is InChI=1S/C23H19N3O3/c1-28-20-9-5-6-16(14-20)21-15-22(26-25-21)23(27)24-17-10-12-19(13-11-17)29-18-7-3-2-4-8-18/h2-15H,1H3,(H,24,27)(H,25,26). The highest BCUT2D eigenvalue weighted by atomic mass is 16.5. The van der Waals surface area contributed by atoms with Crippen molar-refractivity contribution in [2.75, 3.05) is 12.4 Å². The second-order valence-corrected chi connectivity index (χ2v) is 6.29. The van der Waals surface area contributed by atoms with Crippen molar-refractivity contribution < 1.29 is 14.3 Å². The maximum Gasteiger partial charge on any atom is 0.273 e. The van der Waals surface area contributed by atoms with Crippen molar-refractivity contribution in [3.63, 3.8) is 0 Å². The molecule has 0 unspecified atom stereocenters. The summed E-state index contributed by atoms with van der Waals surface area (Å²) in [4.78, 5) is 12.5. The molecule has 1 aromatic heterocycles. The van der Waals surface area contributed by atoms with Gasteiger partial charge in [-0.05, 0) is 54.6 Å². The number of aromatic nitrogens is 2. The van der Waals surface area contributed by atoms with Gasteiger partial charge >= 0.3 is 0 Å². The van der Waals surface area contributed by atoms with Crippen molar-refractivity contribution in [2.24, 2.45) is 0 Å². The molecule has 144 valence electrons. The molecule has 29 heavy (non-hydrogen) atoms. The number of para-hydroxylation sites is 1. The lowest BCUT2D eigenvalue weighted by molar-refractivity contribution is 0.102. The van der Waals surface area contributed by atoms with Crippen molar-refractivity contribution in [3.05, 3.63) is 90.6 Å². The van der Waals surface area contributed by atoms with E-state index in [0.717, 1.165) is 17.1 Å².